The Labute approximate surface area is 152 Å². The molecule has 1 unspecified atom stereocenters. The number of fused-ring (bicyclic) bond motifs is 1. The molecule has 2 aromatic carbocycles. The zero-order valence-corrected chi connectivity index (χ0v) is 14.4. The molecule has 0 saturated carbocycles. The summed E-state index contributed by atoms with van der Waals surface area (Å²) in [5.41, 5.74) is 2.19. The van der Waals surface area contributed by atoms with Gasteiger partial charge in [0, 0.05) is 13.0 Å². The number of amides is 2. The molecule has 6 nitrogen and oxygen atoms in total. The summed E-state index contributed by atoms with van der Waals surface area (Å²) in [5, 5.41) is 11.8. The van der Waals surface area contributed by atoms with Crippen LogP contribution in [0.25, 0.3) is 0 Å². The maximum Gasteiger partial charge on any atom is 0.265 e. The molecule has 26 heavy (non-hydrogen) atoms. The van der Waals surface area contributed by atoms with Crippen LogP contribution in [0.1, 0.15) is 30.5 Å². The third-order valence-electron chi connectivity index (χ3n) is 4.29. The zero-order chi connectivity index (χ0) is 18.5. The van der Waals surface area contributed by atoms with Crippen LogP contribution in [0.4, 0.5) is 5.69 Å². The van der Waals surface area contributed by atoms with E-state index in [9.17, 15) is 9.59 Å². The van der Waals surface area contributed by atoms with Crippen LogP contribution in [-0.4, -0.2) is 25.0 Å². The minimum atomic E-state index is -0.178. The summed E-state index contributed by atoms with van der Waals surface area (Å²) in [6, 6.07) is 16.3. The van der Waals surface area contributed by atoms with Gasteiger partial charge in [-0.05, 0) is 36.8 Å². The summed E-state index contributed by atoms with van der Waals surface area (Å²) in [4.78, 5) is 26.0. The standard InChI is InChI=1S/C20H19N3O3/c1-14(16-8-6-15(12-21)7-9-16)22-19(24)10-11-23-17-4-2-3-5-18(17)26-13-20(23)25/h2-9,14H,10-11,13H2,1H3,(H,22,24). The Morgan fingerprint density at radius 3 is 2.73 bits per heavy atom. The van der Waals surface area contributed by atoms with Gasteiger partial charge >= 0.3 is 0 Å². The number of nitriles is 1. The molecule has 0 radical (unpaired) electrons. The third-order valence-corrected chi connectivity index (χ3v) is 4.29. The van der Waals surface area contributed by atoms with Crippen molar-refractivity contribution in [3.63, 3.8) is 0 Å². The number of carbonyl (C=O) groups is 2. The van der Waals surface area contributed by atoms with Crippen molar-refractivity contribution in [2.24, 2.45) is 0 Å². The molecular weight excluding hydrogens is 330 g/mol. The van der Waals surface area contributed by atoms with Crippen molar-refractivity contribution < 1.29 is 14.3 Å². The molecule has 3 rings (SSSR count). The van der Waals surface area contributed by atoms with Crippen molar-refractivity contribution in [2.75, 3.05) is 18.1 Å². The number of benzene rings is 2. The molecule has 1 N–H and O–H groups in total. The van der Waals surface area contributed by atoms with E-state index in [1.54, 1.807) is 17.0 Å². The minimum Gasteiger partial charge on any atom is -0.482 e. The van der Waals surface area contributed by atoms with E-state index < -0.39 is 0 Å². The first-order valence-corrected chi connectivity index (χ1v) is 8.40. The van der Waals surface area contributed by atoms with Gasteiger partial charge in [0.2, 0.25) is 5.91 Å². The lowest BCUT2D eigenvalue weighted by Gasteiger charge is -2.29. The summed E-state index contributed by atoms with van der Waals surface area (Å²) in [6.07, 6.45) is 0.195. The molecule has 1 aliphatic heterocycles. The van der Waals surface area contributed by atoms with Gasteiger partial charge in [-0.1, -0.05) is 24.3 Å². The number of hydrogen-bond acceptors (Lipinski definition) is 4. The largest absolute Gasteiger partial charge is 0.482 e. The summed E-state index contributed by atoms with van der Waals surface area (Å²) >= 11 is 0. The molecule has 1 heterocycles. The van der Waals surface area contributed by atoms with E-state index in [4.69, 9.17) is 10.00 Å². The van der Waals surface area contributed by atoms with Crippen LogP contribution in [0.15, 0.2) is 48.5 Å². The van der Waals surface area contributed by atoms with Crippen molar-refractivity contribution in [3.05, 3.63) is 59.7 Å². The van der Waals surface area contributed by atoms with E-state index in [0.29, 0.717) is 23.5 Å². The highest BCUT2D eigenvalue weighted by Crippen LogP contribution is 2.31. The fourth-order valence-corrected chi connectivity index (χ4v) is 2.86. The first-order chi connectivity index (χ1) is 12.6. The van der Waals surface area contributed by atoms with Gasteiger partial charge in [-0.25, -0.2) is 0 Å². The maximum absolute atomic E-state index is 12.3. The Bertz CT molecular complexity index is 855. The third kappa shape index (κ3) is 3.83. The molecule has 6 heteroatoms. The lowest BCUT2D eigenvalue weighted by Crippen LogP contribution is -2.41. The smallest absolute Gasteiger partial charge is 0.265 e. The highest BCUT2D eigenvalue weighted by atomic mass is 16.5. The van der Waals surface area contributed by atoms with Crippen LogP contribution in [0.5, 0.6) is 5.75 Å². The number of hydrogen-bond donors (Lipinski definition) is 1. The van der Waals surface area contributed by atoms with Crippen molar-refractivity contribution in [1.29, 1.82) is 5.26 Å². The lowest BCUT2D eigenvalue weighted by molar-refractivity contribution is -0.122. The van der Waals surface area contributed by atoms with Crippen LogP contribution in [-0.2, 0) is 9.59 Å². The molecule has 0 aromatic heterocycles. The number of rotatable bonds is 5. The van der Waals surface area contributed by atoms with Crippen LogP contribution in [0, 0.1) is 11.3 Å². The van der Waals surface area contributed by atoms with Crippen LogP contribution >= 0.6 is 0 Å². The topological polar surface area (TPSA) is 82.4 Å². The van der Waals surface area contributed by atoms with Crippen LogP contribution in [0.2, 0.25) is 0 Å². The minimum absolute atomic E-state index is 0.0136. The molecule has 1 aliphatic rings. The first kappa shape index (κ1) is 17.5. The van der Waals surface area contributed by atoms with Gasteiger partial charge in [-0.3, -0.25) is 9.59 Å². The number of anilines is 1. The van der Waals surface area contributed by atoms with Crippen molar-refractivity contribution in [1.82, 2.24) is 5.32 Å². The Balaban J connectivity index is 1.58. The van der Waals surface area contributed by atoms with Gasteiger partial charge in [-0.2, -0.15) is 5.26 Å². The summed E-state index contributed by atoms with van der Waals surface area (Å²) in [5.74, 6) is 0.355. The SMILES string of the molecule is CC(NC(=O)CCN1C(=O)COc2ccccc21)c1ccc(C#N)cc1. The summed E-state index contributed by atoms with van der Waals surface area (Å²) in [6.45, 7) is 2.17. The Morgan fingerprint density at radius 1 is 1.27 bits per heavy atom. The lowest BCUT2D eigenvalue weighted by atomic mass is 10.1. The number of para-hydroxylation sites is 2. The van der Waals surface area contributed by atoms with Crippen molar-refractivity contribution >= 4 is 17.5 Å². The number of ether oxygens (including phenoxy) is 1. The highest BCUT2D eigenvalue weighted by Gasteiger charge is 2.25. The number of carbonyl (C=O) groups excluding carboxylic acids is 2. The summed E-state index contributed by atoms with van der Waals surface area (Å²) in [7, 11) is 0. The molecule has 0 bridgehead atoms. The molecule has 0 saturated heterocycles. The van der Waals surface area contributed by atoms with Crippen LogP contribution < -0.4 is 15.0 Å². The predicted molar refractivity (Wildman–Crippen MR) is 96.6 cm³/mol. The second-order valence-electron chi connectivity index (χ2n) is 6.07. The van der Waals surface area contributed by atoms with E-state index >= 15 is 0 Å². The first-order valence-electron chi connectivity index (χ1n) is 8.40. The van der Waals surface area contributed by atoms with E-state index in [-0.39, 0.29) is 30.9 Å². The Kier molecular flexibility index (Phi) is 5.18. The molecule has 0 aliphatic carbocycles. The van der Waals surface area contributed by atoms with Gasteiger partial charge in [0.15, 0.2) is 6.61 Å². The van der Waals surface area contributed by atoms with E-state index in [0.717, 1.165) is 5.56 Å². The van der Waals surface area contributed by atoms with Crippen molar-refractivity contribution in [3.8, 4) is 11.8 Å². The Morgan fingerprint density at radius 2 is 2.00 bits per heavy atom. The fraction of sp³-hybridized carbons (Fsp3) is 0.250. The average molecular weight is 349 g/mol. The molecular formula is C20H19N3O3. The van der Waals surface area contributed by atoms with E-state index in [1.165, 1.54) is 0 Å². The molecule has 0 fully saturated rings. The second kappa shape index (κ2) is 7.70. The monoisotopic (exact) mass is 349 g/mol. The van der Waals surface area contributed by atoms with Gasteiger partial charge in [0.25, 0.3) is 5.91 Å². The maximum atomic E-state index is 12.3. The van der Waals surface area contributed by atoms with Gasteiger partial charge < -0.3 is 15.0 Å². The van der Waals surface area contributed by atoms with Gasteiger partial charge in [0.1, 0.15) is 5.75 Å². The molecule has 1 atom stereocenters. The normalized spacial score (nSPS) is 14.0. The summed E-state index contributed by atoms with van der Waals surface area (Å²) < 4.78 is 5.40. The molecule has 2 aromatic rings. The highest BCUT2D eigenvalue weighted by molar-refractivity contribution is 5.98. The Hall–Kier alpha value is -3.33. The molecule has 2 amide bonds. The zero-order valence-electron chi connectivity index (χ0n) is 14.4. The van der Waals surface area contributed by atoms with Crippen molar-refractivity contribution in [2.45, 2.75) is 19.4 Å². The van der Waals surface area contributed by atoms with Gasteiger partial charge in [-0.15, -0.1) is 0 Å². The molecule has 0 spiro atoms. The van der Waals surface area contributed by atoms with Gasteiger partial charge in [0.05, 0.1) is 23.4 Å². The van der Waals surface area contributed by atoms with E-state index in [1.807, 2.05) is 43.3 Å². The van der Waals surface area contributed by atoms with Crippen LogP contribution in [0.3, 0.4) is 0 Å². The average Bonchev–Trinajstić information content (AvgIpc) is 2.67. The predicted octanol–water partition coefficient (Wildman–Crippen LogP) is 2.55. The quantitative estimate of drug-likeness (QED) is 0.899. The number of nitrogens with one attached hydrogen (secondary N) is 1. The fourth-order valence-electron chi connectivity index (χ4n) is 2.86. The van der Waals surface area contributed by atoms with E-state index in [2.05, 4.69) is 11.4 Å². The number of nitrogens with zero attached hydrogens (tertiary/aromatic N) is 2. The molecule has 132 valence electrons. The second-order valence-corrected chi connectivity index (χ2v) is 6.07.